The number of aromatic amines is 1. The Morgan fingerprint density at radius 3 is 2.30 bits per heavy atom. The highest BCUT2D eigenvalue weighted by Gasteiger charge is 2.26. The molecule has 1 aliphatic rings. The fourth-order valence-corrected chi connectivity index (χ4v) is 2.22. The highest BCUT2D eigenvalue weighted by Crippen LogP contribution is 2.09. The first-order chi connectivity index (χ1) is 9.47. The molecule has 0 unspecified atom stereocenters. The van der Waals surface area contributed by atoms with Gasteiger partial charge in [0.25, 0.3) is 5.91 Å². The molecule has 1 aromatic rings. The van der Waals surface area contributed by atoms with Crippen LogP contribution in [0, 0.1) is 12.8 Å². The van der Waals surface area contributed by atoms with Gasteiger partial charge in [0.05, 0.1) is 0 Å². The van der Waals surface area contributed by atoms with E-state index in [1.807, 2.05) is 18.7 Å². The summed E-state index contributed by atoms with van der Waals surface area (Å²) in [6, 6.07) is 0. The van der Waals surface area contributed by atoms with Crippen LogP contribution in [0.1, 0.15) is 36.7 Å². The molecule has 0 spiro atoms. The fraction of sp³-hybridized carbons (Fsp3) is 0.692. The molecule has 7 heteroatoms. The first-order valence-electron chi connectivity index (χ1n) is 6.93. The van der Waals surface area contributed by atoms with Crippen LogP contribution in [0.2, 0.25) is 0 Å². The Kier molecular flexibility index (Phi) is 4.36. The van der Waals surface area contributed by atoms with E-state index in [0.717, 1.165) is 0 Å². The van der Waals surface area contributed by atoms with E-state index in [4.69, 9.17) is 0 Å². The van der Waals surface area contributed by atoms with E-state index in [2.05, 4.69) is 15.2 Å². The van der Waals surface area contributed by atoms with Crippen molar-refractivity contribution < 1.29 is 9.59 Å². The number of rotatable bonds is 3. The van der Waals surface area contributed by atoms with E-state index < -0.39 is 0 Å². The maximum atomic E-state index is 12.1. The van der Waals surface area contributed by atoms with E-state index in [1.54, 1.807) is 11.8 Å². The van der Waals surface area contributed by atoms with E-state index >= 15 is 0 Å². The van der Waals surface area contributed by atoms with Gasteiger partial charge in [-0.05, 0) is 12.8 Å². The third kappa shape index (κ3) is 3.34. The van der Waals surface area contributed by atoms with Crippen LogP contribution in [0.3, 0.4) is 0 Å². The molecule has 0 atom stereocenters. The average molecular weight is 279 g/mol. The Labute approximate surface area is 118 Å². The van der Waals surface area contributed by atoms with Crippen LogP contribution in [0.25, 0.3) is 0 Å². The summed E-state index contributed by atoms with van der Waals surface area (Å²) in [4.78, 5) is 31.7. The van der Waals surface area contributed by atoms with Crippen LogP contribution >= 0.6 is 0 Å². The first-order valence-corrected chi connectivity index (χ1v) is 6.93. The number of aromatic nitrogens is 3. The molecule has 1 aliphatic heterocycles. The van der Waals surface area contributed by atoms with Crippen molar-refractivity contribution in [2.24, 2.45) is 5.92 Å². The lowest BCUT2D eigenvalue weighted by Gasteiger charge is -2.34. The number of piperazine rings is 1. The van der Waals surface area contributed by atoms with Gasteiger partial charge in [0.15, 0.2) is 0 Å². The normalized spacial score (nSPS) is 15.8. The predicted molar refractivity (Wildman–Crippen MR) is 73.1 cm³/mol. The molecule has 0 saturated carbocycles. The number of amides is 2. The SMILES string of the molecule is Cc1nc(C(=O)N2CCN(C(=O)CC(C)C)CC2)n[nH]1. The van der Waals surface area contributed by atoms with Gasteiger partial charge in [0.1, 0.15) is 5.82 Å². The Balaban J connectivity index is 1.88. The second kappa shape index (κ2) is 6.02. The van der Waals surface area contributed by atoms with Crippen molar-refractivity contribution in [3.63, 3.8) is 0 Å². The van der Waals surface area contributed by atoms with Crippen LogP contribution in [-0.2, 0) is 4.79 Å². The smallest absolute Gasteiger partial charge is 0.293 e. The van der Waals surface area contributed by atoms with Crippen LogP contribution in [0.4, 0.5) is 0 Å². The molecule has 0 aromatic carbocycles. The molecule has 110 valence electrons. The maximum absolute atomic E-state index is 12.1. The van der Waals surface area contributed by atoms with E-state index in [-0.39, 0.29) is 17.6 Å². The third-order valence-electron chi connectivity index (χ3n) is 3.29. The molecule has 1 fully saturated rings. The molecule has 20 heavy (non-hydrogen) atoms. The minimum absolute atomic E-state index is 0.167. The zero-order chi connectivity index (χ0) is 14.7. The predicted octanol–water partition coefficient (Wildman–Crippen LogP) is 0.444. The van der Waals surface area contributed by atoms with Crippen LogP contribution in [0.5, 0.6) is 0 Å². The van der Waals surface area contributed by atoms with Crippen molar-refractivity contribution >= 4 is 11.8 Å². The first kappa shape index (κ1) is 14.5. The van der Waals surface area contributed by atoms with Gasteiger partial charge in [0.2, 0.25) is 11.7 Å². The summed E-state index contributed by atoms with van der Waals surface area (Å²) >= 11 is 0. The van der Waals surface area contributed by atoms with Crippen molar-refractivity contribution in [2.45, 2.75) is 27.2 Å². The van der Waals surface area contributed by atoms with Crippen molar-refractivity contribution in [2.75, 3.05) is 26.2 Å². The van der Waals surface area contributed by atoms with Crippen molar-refractivity contribution in [3.8, 4) is 0 Å². The van der Waals surface area contributed by atoms with Crippen molar-refractivity contribution in [3.05, 3.63) is 11.6 Å². The number of hydrogen-bond acceptors (Lipinski definition) is 4. The number of nitrogens with zero attached hydrogens (tertiary/aromatic N) is 4. The molecule has 1 saturated heterocycles. The molecule has 2 amide bonds. The molecular formula is C13H21N5O2. The fourth-order valence-electron chi connectivity index (χ4n) is 2.22. The maximum Gasteiger partial charge on any atom is 0.293 e. The summed E-state index contributed by atoms with van der Waals surface area (Å²) in [5.41, 5.74) is 0. The van der Waals surface area contributed by atoms with E-state index in [9.17, 15) is 9.59 Å². The van der Waals surface area contributed by atoms with Gasteiger partial charge >= 0.3 is 0 Å². The third-order valence-corrected chi connectivity index (χ3v) is 3.29. The Morgan fingerprint density at radius 1 is 1.20 bits per heavy atom. The zero-order valence-corrected chi connectivity index (χ0v) is 12.2. The molecule has 0 bridgehead atoms. The number of carbonyl (C=O) groups is 2. The molecule has 2 rings (SSSR count). The van der Waals surface area contributed by atoms with E-state index in [1.165, 1.54) is 0 Å². The number of hydrogen-bond donors (Lipinski definition) is 1. The van der Waals surface area contributed by atoms with Gasteiger partial charge < -0.3 is 9.80 Å². The summed E-state index contributed by atoms with van der Waals surface area (Å²) in [6.45, 7) is 8.06. The van der Waals surface area contributed by atoms with Gasteiger partial charge in [-0.3, -0.25) is 14.7 Å². The highest BCUT2D eigenvalue weighted by molar-refractivity contribution is 5.90. The summed E-state index contributed by atoms with van der Waals surface area (Å²) in [5.74, 6) is 1.17. The van der Waals surface area contributed by atoms with Crippen LogP contribution in [-0.4, -0.2) is 63.0 Å². The van der Waals surface area contributed by atoms with E-state index in [0.29, 0.717) is 44.3 Å². The zero-order valence-electron chi connectivity index (χ0n) is 12.2. The summed E-state index contributed by atoms with van der Waals surface area (Å²) < 4.78 is 0. The minimum Gasteiger partial charge on any atom is -0.339 e. The number of carbonyl (C=O) groups excluding carboxylic acids is 2. The molecule has 1 aromatic heterocycles. The van der Waals surface area contributed by atoms with Crippen LogP contribution in [0.15, 0.2) is 0 Å². The number of aryl methyl sites for hydroxylation is 1. The van der Waals surface area contributed by atoms with Crippen molar-refractivity contribution in [1.82, 2.24) is 25.0 Å². The number of H-pyrrole nitrogens is 1. The molecule has 0 radical (unpaired) electrons. The average Bonchev–Trinajstić information content (AvgIpc) is 2.84. The lowest BCUT2D eigenvalue weighted by atomic mass is 10.1. The molecular weight excluding hydrogens is 258 g/mol. The lowest BCUT2D eigenvalue weighted by Crippen LogP contribution is -2.51. The summed E-state index contributed by atoms with van der Waals surface area (Å²) in [5, 5.41) is 6.54. The quantitative estimate of drug-likeness (QED) is 0.870. The topological polar surface area (TPSA) is 82.2 Å². The summed E-state index contributed by atoms with van der Waals surface area (Å²) in [6.07, 6.45) is 0.564. The molecule has 2 heterocycles. The minimum atomic E-state index is -0.176. The van der Waals surface area contributed by atoms with Gasteiger partial charge in [-0.15, -0.1) is 5.10 Å². The lowest BCUT2D eigenvalue weighted by molar-refractivity contribution is -0.133. The molecule has 7 nitrogen and oxygen atoms in total. The Bertz CT molecular complexity index is 489. The standard InChI is InChI=1S/C13H21N5O2/c1-9(2)8-11(19)17-4-6-18(7-5-17)13(20)12-14-10(3)15-16-12/h9H,4-8H2,1-3H3,(H,14,15,16). The Hall–Kier alpha value is -1.92. The van der Waals surface area contributed by atoms with Gasteiger partial charge in [-0.1, -0.05) is 13.8 Å². The highest BCUT2D eigenvalue weighted by atomic mass is 16.2. The Morgan fingerprint density at radius 2 is 1.80 bits per heavy atom. The molecule has 0 aliphatic carbocycles. The second-order valence-corrected chi connectivity index (χ2v) is 5.52. The van der Waals surface area contributed by atoms with Crippen LogP contribution < -0.4 is 0 Å². The largest absolute Gasteiger partial charge is 0.339 e. The number of nitrogens with one attached hydrogen (secondary N) is 1. The van der Waals surface area contributed by atoms with Gasteiger partial charge in [0, 0.05) is 32.6 Å². The summed E-state index contributed by atoms with van der Waals surface area (Å²) in [7, 11) is 0. The van der Waals surface area contributed by atoms with Gasteiger partial charge in [-0.2, -0.15) is 0 Å². The molecule has 1 N–H and O–H groups in total. The monoisotopic (exact) mass is 279 g/mol. The van der Waals surface area contributed by atoms with Gasteiger partial charge in [-0.25, -0.2) is 4.98 Å². The second-order valence-electron chi connectivity index (χ2n) is 5.52. The van der Waals surface area contributed by atoms with Crippen molar-refractivity contribution in [1.29, 1.82) is 0 Å².